The minimum atomic E-state index is -0.524. The van der Waals surface area contributed by atoms with Crippen molar-refractivity contribution in [1.82, 2.24) is 0 Å². The smallest absolute Gasteiger partial charge is 0.306 e. The quantitative estimate of drug-likeness (QED) is 0.647. The number of carbonyl (C=O) groups excluding carboxylic acids is 3. The monoisotopic (exact) mass is 384 g/mol. The Labute approximate surface area is 164 Å². The number of esters is 1. The van der Waals surface area contributed by atoms with Gasteiger partial charge >= 0.3 is 5.97 Å². The SMILES string of the molecule is COc1cccc(NC(=O)COC(=O)CCCC(=O)Nc2ccccc2C)c1. The van der Waals surface area contributed by atoms with Gasteiger partial charge in [0.2, 0.25) is 5.91 Å². The first kappa shape index (κ1) is 21.0. The number of nitrogens with one attached hydrogen (secondary N) is 2. The molecule has 0 fully saturated rings. The van der Waals surface area contributed by atoms with Crippen LogP contribution in [0.1, 0.15) is 24.8 Å². The maximum atomic E-state index is 11.9. The van der Waals surface area contributed by atoms with Crippen molar-refractivity contribution >= 4 is 29.2 Å². The normalized spacial score (nSPS) is 10.1. The lowest BCUT2D eigenvalue weighted by Gasteiger charge is -2.09. The summed E-state index contributed by atoms with van der Waals surface area (Å²) in [5, 5.41) is 5.42. The van der Waals surface area contributed by atoms with Crippen LogP contribution in [-0.4, -0.2) is 31.5 Å². The van der Waals surface area contributed by atoms with Crippen molar-refractivity contribution in [3.05, 3.63) is 54.1 Å². The van der Waals surface area contributed by atoms with Gasteiger partial charge < -0.3 is 20.1 Å². The van der Waals surface area contributed by atoms with Crippen molar-refractivity contribution in [2.24, 2.45) is 0 Å². The number of hydrogen-bond donors (Lipinski definition) is 2. The lowest BCUT2D eigenvalue weighted by molar-refractivity contribution is -0.147. The molecule has 28 heavy (non-hydrogen) atoms. The summed E-state index contributed by atoms with van der Waals surface area (Å²) in [6.07, 6.45) is 0.598. The summed E-state index contributed by atoms with van der Waals surface area (Å²) in [6.45, 7) is 1.52. The highest BCUT2D eigenvalue weighted by Gasteiger charge is 2.10. The van der Waals surface area contributed by atoms with Crippen LogP contribution in [0.2, 0.25) is 0 Å². The molecule has 2 N–H and O–H groups in total. The van der Waals surface area contributed by atoms with E-state index >= 15 is 0 Å². The van der Waals surface area contributed by atoms with Crippen LogP contribution >= 0.6 is 0 Å². The van der Waals surface area contributed by atoms with Gasteiger partial charge in [0.05, 0.1) is 7.11 Å². The van der Waals surface area contributed by atoms with E-state index in [2.05, 4.69) is 10.6 Å². The Bertz CT molecular complexity index is 835. The van der Waals surface area contributed by atoms with Gasteiger partial charge in [-0.15, -0.1) is 0 Å². The van der Waals surface area contributed by atoms with Crippen molar-refractivity contribution < 1.29 is 23.9 Å². The summed E-state index contributed by atoms with van der Waals surface area (Å²) in [6, 6.07) is 14.3. The zero-order valence-corrected chi connectivity index (χ0v) is 16.0. The maximum absolute atomic E-state index is 11.9. The number of anilines is 2. The van der Waals surface area contributed by atoms with E-state index in [0.717, 1.165) is 11.3 Å². The van der Waals surface area contributed by atoms with Crippen LogP contribution in [0.15, 0.2) is 48.5 Å². The maximum Gasteiger partial charge on any atom is 0.306 e. The van der Waals surface area contributed by atoms with Crippen molar-refractivity contribution in [1.29, 1.82) is 0 Å². The number of rotatable bonds is 9. The van der Waals surface area contributed by atoms with Crippen molar-refractivity contribution in [3.8, 4) is 5.75 Å². The van der Waals surface area contributed by atoms with Gasteiger partial charge in [-0.3, -0.25) is 14.4 Å². The molecule has 2 amide bonds. The second-order valence-electron chi connectivity index (χ2n) is 6.16. The van der Waals surface area contributed by atoms with E-state index in [4.69, 9.17) is 9.47 Å². The molecule has 0 aliphatic heterocycles. The zero-order valence-electron chi connectivity index (χ0n) is 16.0. The molecule has 148 valence electrons. The summed E-state index contributed by atoms with van der Waals surface area (Å²) < 4.78 is 10.0. The molecule has 0 saturated carbocycles. The first-order valence-electron chi connectivity index (χ1n) is 8.93. The van der Waals surface area contributed by atoms with E-state index in [-0.39, 0.29) is 25.4 Å². The topological polar surface area (TPSA) is 93.7 Å². The van der Waals surface area contributed by atoms with E-state index in [1.165, 1.54) is 7.11 Å². The van der Waals surface area contributed by atoms with Gasteiger partial charge in [0.1, 0.15) is 5.75 Å². The van der Waals surface area contributed by atoms with E-state index in [0.29, 0.717) is 17.9 Å². The van der Waals surface area contributed by atoms with Gasteiger partial charge in [-0.2, -0.15) is 0 Å². The zero-order chi connectivity index (χ0) is 20.4. The van der Waals surface area contributed by atoms with Gasteiger partial charge in [0.25, 0.3) is 5.91 Å². The van der Waals surface area contributed by atoms with Crippen LogP contribution < -0.4 is 15.4 Å². The third kappa shape index (κ3) is 7.11. The van der Waals surface area contributed by atoms with Crippen molar-refractivity contribution in [3.63, 3.8) is 0 Å². The Hall–Kier alpha value is -3.35. The first-order chi connectivity index (χ1) is 13.5. The van der Waals surface area contributed by atoms with Crippen LogP contribution in [0.3, 0.4) is 0 Å². The summed E-state index contributed by atoms with van der Waals surface area (Å²) in [7, 11) is 1.53. The first-order valence-corrected chi connectivity index (χ1v) is 8.93. The van der Waals surface area contributed by atoms with Crippen LogP contribution in [0, 0.1) is 6.92 Å². The molecule has 0 unspecified atom stereocenters. The number of carbonyl (C=O) groups is 3. The number of benzene rings is 2. The molecular formula is C21H24N2O5. The molecule has 7 heteroatoms. The molecule has 0 spiro atoms. The molecule has 0 aliphatic carbocycles. The molecular weight excluding hydrogens is 360 g/mol. The number of ether oxygens (including phenoxy) is 2. The van der Waals surface area contributed by atoms with Gasteiger partial charge in [0.15, 0.2) is 6.61 Å². The number of para-hydroxylation sites is 1. The van der Waals surface area contributed by atoms with Gasteiger partial charge in [-0.1, -0.05) is 24.3 Å². The Kier molecular flexibility index (Phi) is 8.02. The van der Waals surface area contributed by atoms with Crippen LogP contribution in [0.25, 0.3) is 0 Å². The summed E-state index contributed by atoms with van der Waals surface area (Å²) in [5.41, 5.74) is 2.27. The van der Waals surface area contributed by atoms with E-state index in [1.807, 2.05) is 31.2 Å². The van der Waals surface area contributed by atoms with Crippen LogP contribution in [-0.2, 0) is 19.1 Å². The molecule has 2 aromatic rings. The van der Waals surface area contributed by atoms with Crippen molar-refractivity contribution in [2.45, 2.75) is 26.2 Å². The lowest BCUT2D eigenvalue weighted by Crippen LogP contribution is -2.21. The molecule has 0 radical (unpaired) electrons. The molecule has 7 nitrogen and oxygen atoms in total. The minimum Gasteiger partial charge on any atom is -0.497 e. The number of hydrogen-bond acceptors (Lipinski definition) is 5. The Morgan fingerprint density at radius 1 is 0.929 bits per heavy atom. The van der Waals surface area contributed by atoms with Crippen LogP contribution in [0.5, 0.6) is 5.75 Å². The third-order valence-electron chi connectivity index (χ3n) is 3.92. The molecule has 2 rings (SSSR count). The highest BCUT2D eigenvalue weighted by atomic mass is 16.5. The van der Waals surface area contributed by atoms with Gasteiger partial charge in [-0.05, 0) is 37.1 Å². The van der Waals surface area contributed by atoms with Crippen LogP contribution in [0.4, 0.5) is 11.4 Å². The number of amides is 2. The fourth-order valence-electron chi connectivity index (χ4n) is 2.44. The highest BCUT2D eigenvalue weighted by Crippen LogP contribution is 2.16. The Morgan fingerprint density at radius 3 is 2.46 bits per heavy atom. The summed E-state index contributed by atoms with van der Waals surface area (Å²) in [5.74, 6) is -0.528. The number of methoxy groups -OCH3 is 1. The molecule has 0 saturated heterocycles. The van der Waals surface area contributed by atoms with E-state index in [1.54, 1.807) is 24.3 Å². The minimum absolute atomic E-state index is 0.0631. The van der Waals surface area contributed by atoms with Gasteiger partial charge in [0, 0.05) is 30.3 Å². The predicted molar refractivity (Wildman–Crippen MR) is 106 cm³/mol. The second-order valence-corrected chi connectivity index (χ2v) is 6.16. The Balaban J connectivity index is 1.64. The summed E-state index contributed by atoms with van der Waals surface area (Å²) in [4.78, 5) is 35.5. The highest BCUT2D eigenvalue weighted by molar-refractivity contribution is 5.93. The molecule has 0 atom stereocenters. The van der Waals surface area contributed by atoms with Crippen molar-refractivity contribution in [2.75, 3.05) is 24.4 Å². The molecule has 2 aromatic carbocycles. The van der Waals surface area contributed by atoms with E-state index < -0.39 is 11.9 Å². The molecule has 0 aliphatic rings. The van der Waals surface area contributed by atoms with Gasteiger partial charge in [-0.25, -0.2) is 0 Å². The second kappa shape index (κ2) is 10.7. The fourth-order valence-corrected chi connectivity index (χ4v) is 2.44. The van der Waals surface area contributed by atoms with E-state index in [9.17, 15) is 14.4 Å². The molecule has 0 bridgehead atoms. The molecule has 0 aromatic heterocycles. The largest absolute Gasteiger partial charge is 0.497 e. The Morgan fingerprint density at radius 2 is 1.71 bits per heavy atom. The predicted octanol–water partition coefficient (Wildman–Crippen LogP) is 3.29. The fraction of sp³-hybridized carbons (Fsp3) is 0.286. The molecule has 0 heterocycles. The number of aryl methyl sites for hydroxylation is 1. The lowest BCUT2D eigenvalue weighted by atomic mass is 10.2. The third-order valence-corrected chi connectivity index (χ3v) is 3.92. The average molecular weight is 384 g/mol. The average Bonchev–Trinajstić information content (AvgIpc) is 2.68. The summed E-state index contributed by atoms with van der Waals surface area (Å²) >= 11 is 0. The standard InChI is InChI=1S/C21H24N2O5/c1-15-7-3-4-10-18(15)23-19(24)11-6-12-21(26)28-14-20(25)22-16-8-5-9-17(13-16)27-2/h3-5,7-10,13H,6,11-12,14H2,1-2H3,(H,22,25)(H,23,24).